The highest BCUT2D eigenvalue weighted by molar-refractivity contribution is 6.30. The minimum Gasteiger partial charge on any atom is -0.352 e. The van der Waals surface area contributed by atoms with E-state index in [1.54, 1.807) is 24.3 Å². The molecule has 0 bridgehead atoms. The molecule has 23 heavy (non-hydrogen) atoms. The summed E-state index contributed by atoms with van der Waals surface area (Å²) >= 11 is 5.79. The van der Waals surface area contributed by atoms with E-state index in [0.717, 1.165) is 12.5 Å². The molecular formula is C15H16ClF3N4. The largest absolute Gasteiger partial charge is 0.433 e. The first-order valence-electron chi connectivity index (χ1n) is 7.03. The van der Waals surface area contributed by atoms with Crippen LogP contribution in [0, 0.1) is 0 Å². The van der Waals surface area contributed by atoms with Crippen molar-refractivity contribution in [1.29, 1.82) is 0 Å². The summed E-state index contributed by atoms with van der Waals surface area (Å²) in [5.41, 5.74) is -0.425. The van der Waals surface area contributed by atoms with Gasteiger partial charge in [0.1, 0.15) is 5.82 Å². The predicted molar refractivity (Wildman–Crippen MR) is 85.1 cm³/mol. The fourth-order valence-electron chi connectivity index (χ4n) is 1.72. The second-order valence-electron chi connectivity index (χ2n) is 5.05. The highest BCUT2D eigenvalue weighted by Gasteiger charge is 2.33. The summed E-state index contributed by atoms with van der Waals surface area (Å²) in [5.74, 6) is -0.00825. The molecule has 0 saturated heterocycles. The van der Waals surface area contributed by atoms with Crippen LogP contribution in [-0.2, 0) is 6.18 Å². The van der Waals surface area contributed by atoms with Gasteiger partial charge in [0.05, 0.1) is 0 Å². The van der Waals surface area contributed by atoms with E-state index in [1.807, 2.05) is 13.8 Å². The van der Waals surface area contributed by atoms with Gasteiger partial charge < -0.3 is 10.6 Å². The van der Waals surface area contributed by atoms with Crippen LogP contribution in [0.4, 0.5) is 30.6 Å². The normalized spacial score (nSPS) is 12.8. The Bertz CT molecular complexity index is 659. The van der Waals surface area contributed by atoms with Crippen molar-refractivity contribution in [3.63, 3.8) is 0 Å². The summed E-state index contributed by atoms with van der Waals surface area (Å²) in [4.78, 5) is 7.63. The van der Waals surface area contributed by atoms with Crippen LogP contribution in [0.25, 0.3) is 0 Å². The van der Waals surface area contributed by atoms with Crippen LogP contribution in [0.3, 0.4) is 0 Å². The first kappa shape index (κ1) is 17.3. The molecule has 0 amide bonds. The smallest absolute Gasteiger partial charge is 0.352 e. The van der Waals surface area contributed by atoms with E-state index in [2.05, 4.69) is 20.6 Å². The number of benzene rings is 1. The number of hydrogen-bond acceptors (Lipinski definition) is 4. The van der Waals surface area contributed by atoms with Crippen LogP contribution in [0.5, 0.6) is 0 Å². The fraction of sp³-hybridized carbons (Fsp3) is 0.333. The van der Waals surface area contributed by atoms with Crippen LogP contribution in [0.15, 0.2) is 30.3 Å². The quantitative estimate of drug-likeness (QED) is 0.792. The second-order valence-corrected chi connectivity index (χ2v) is 5.48. The summed E-state index contributed by atoms with van der Waals surface area (Å²) in [6, 6.07) is 7.40. The molecule has 0 unspecified atom stereocenters. The summed E-state index contributed by atoms with van der Waals surface area (Å²) in [7, 11) is 0. The minimum atomic E-state index is -4.55. The number of nitrogens with zero attached hydrogens (tertiary/aromatic N) is 2. The van der Waals surface area contributed by atoms with Crippen molar-refractivity contribution in [3.8, 4) is 0 Å². The van der Waals surface area contributed by atoms with Gasteiger partial charge in [-0.2, -0.15) is 18.2 Å². The molecule has 0 aliphatic rings. The van der Waals surface area contributed by atoms with Gasteiger partial charge in [-0.05, 0) is 37.6 Å². The monoisotopic (exact) mass is 344 g/mol. The van der Waals surface area contributed by atoms with Crippen molar-refractivity contribution >= 4 is 29.1 Å². The van der Waals surface area contributed by atoms with Gasteiger partial charge in [-0.1, -0.05) is 18.5 Å². The molecule has 1 aromatic heterocycles. The lowest BCUT2D eigenvalue weighted by Gasteiger charge is -2.15. The molecule has 2 N–H and O–H groups in total. The van der Waals surface area contributed by atoms with Crippen molar-refractivity contribution in [2.75, 3.05) is 10.6 Å². The van der Waals surface area contributed by atoms with Crippen LogP contribution < -0.4 is 10.6 Å². The molecule has 0 aliphatic carbocycles. The topological polar surface area (TPSA) is 49.8 Å². The van der Waals surface area contributed by atoms with Crippen molar-refractivity contribution in [2.45, 2.75) is 32.5 Å². The molecule has 0 radical (unpaired) electrons. The van der Waals surface area contributed by atoms with E-state index in [0.29, 0.717) is 10.7 Å². The average Bonchev–Trinajstić information content (AvgIpc) is 2.48. The van der Waals surface area contributed by atoms with Crippen molar-refractivity contribution in [2.24, 2.45) is 0 Å². The summed E-state index contributed by atoms with van der Waals surface area (Å²) in [5, 5.41) is 6.22. The van der Waals surface area contributed by atoms with Crippen molar-refractivity contribution < 1.29 is 13.2 Å². The van der Waals surface area contributed by atoms with Crippen LogP contribution in [-0.4, -0.2) is 16.0 Å². The number of anilines is 3. The van der Waals surface area contributed by atoms with Gasteiger partial charge in [0.25, 0.3) is 0 Å². The Hall–Kier alpha value is -2.02. The maximum atomic E-state index is 13.0. The van der Waals surface area contributed by atoms with Gasteiger partial charge in [-0.25, -0.2) is 4.98 Å². The lowest BCUT2D eigenvalue weighted by atomic mass is 10.3. The van der Waals surface area contributed by atoms with E-state index in [1.165, 1.54) is 0 Å². The summed E-state index contributed by atoms with van der Waals surface area (Å²) in [6.07, 6.45) is -3.81. The zero-order valence-electron chi connectivity index (χ0n) is 12.6. The zero-order valence-corrected chi connectivity index (χ0v) is 13.3. The lowest BCUT2D eigenvalue weighted by molar-refractivity contribution is -0.141. The summed E-state index contributed by atoms with van der Waals surface area (Å²) in [6.45, 7) is 3.76. The maximum Gasteiger partial charge on any atom is 0.433 e. The van der Waals surface area contributed by atoms with E-state index in [9.17, 15) is 13.2 Å². The van der Waals surface area contributed by atoms with E-state index < -0.39 is 11.9 Å². The first-order valence-corrected chi connectivity index (χ1v) is 7.41. The first-order chi connectivity index (χ1) is 10.8. The molecule has 0 fully saturated rings. The zero-order chi connectivity index (χ0) is 17.0. The molecule has 0 spiro atoms. The van der Waals surface area contributed by atoms with Gasteiger partial charge in [0.15, 0.2) is 5.69 Å². The fourth-order valence-corrected chi connectivity index (χ4v) is 1.85. The van der Waals surface area contributed by atoms with Gasteiger partial charge >= 0.3 is 6.18 Å². The van der Waals surface area contributed by atoms with Gasteiger partial charge in [0.2, 0.25) is 5.95 Å². The van der Waals surface area contributed by atoms with E-state index in [4.69, 9.17) is 11.6 Å². The van der Waals surface area contributed by atoms with Crippen LogP contribution in [0.2, 0.25) is 5.02 Å². The molecule has 1 aromatic carbocycles. The molecule has 2 rings (SSSR count). The Kier molecular flexibility index (Phi) is 5.30. The van der Waals surface area contributed by atoms with Crippen molar-refractivity contribution in [1.82, 2.24) is 9.97 Å². The van der Waals surface area contributed by atoms with Gasteiger partial charge in [-0.15, -0.1) is 0 Å². The van der Waals surface area contributed by atoms with Crippen LogP contribution in [0.1, 0.15) is 26.0 Å². The molecule has 0 saturated carbocycles. The Labute approximate surface area is 137 Å². The molecule has 2 aromatic rings. The SMILES string of the molecule is CC[C@@H](C)Nc1nc(Nc2ccc(Cl)cc2)cc(C(F)(F)F)n1. The Morgan fingerprint density at radius 3 is 2.39 bits per heavy atom. The van der Waals surface area contributed by atoms with Crippen molar-refractivity contribution in [3.05, 3.63) is 41.0 Å². The lowest BCUT2D eigenvalue weighted by Crippen LogP contribution is -2.18. The molecular weight excluding hydrogens is 329 g/mol. The number of alkyl halides is 3. The average molecular weight is 345 g/mol. The number of hydrogen-bond donors (Lipinski definition) is 2. The minimum absolute atomic E-state index is 0.0399. The molecule has 8 heteroatoms. The Balaban J connectivity index is 2.33. The summed E-state index contributed by atoms with van der Waals surface area (Å²) < 4.78 is 39.0. The van der Waals surface area contributed by atoms with Gasteiger partial charge in [-0.3, -0.25) is 0 Å². The molecule has 1 atom stereocenters. The standard InChI is InChI=1S/C15H16ClF3N4/c1-3-9(2)20-14-22-12(15(17,18)19)8-13(23-14)21-11-6-4-10(16)5-7-11/h4-9H,3H2,1-2H3,(H2,20,21,22,23)/t9-/m1/s1. The van der Waals surface area contributed by atoms with E-state index >= 15 is 0 Å². The number of nitrogens with one attached hydrogen (secondary N) is 2. The predicted octanol–water partition coefficient (Wildman–Crippen LogP) is 5.10. The van der Waals surface area contributed by atoms with Crippen LogP contribution >= 0.6 is 11.6 Å². The molecule has 124 valence electrons. The third kappa shape index (κ3) is 4.99. The Morgan fingerprint density at radius 1 is 1.17 bits per heavy atom. The van der Waals surface area contributed by atoms with Gasteiger partial charge in [0, 0.05) is 22.8 Å². The Morgan fingerprint density at radius 2 is 1.83 bits per heavy atom. The third-order valence-corrected chi connectivity index (χ3v) is 3.37. The highest BCUT2D eigenvalue weighted by Crippen LogP contribution is 2.30. The third-order valence-electron chi connectivity index (χ3n) is 3.12. The van der Waals surface area contributed by atoms with E-state index in [-0.39, 0.29) is 17.8 Å². The molecule has 4 nitrogen and oxygen atoms in total. The second kappa shape index (κ2) is 7.04. The maximum absolute atomic E-state index is 13.0. The number of rotatable bonds is 5. The highest BCUT2D eigenvalue weighted by atomic mass is 35.5. The molecule has 0 aliphatic heterocycles. The number of aromatic nitrogens is 2. The molecule has 1 heterocycles. The number of halogens is 4.